The van der Waals surface area contributed by atoms with Gasteiger partial charge in [-0.1, -0.05) is 115 Å². The quantitative estimate of drug-likeness (QED) is 0.196. The average molecular weight is 626 g/mol. The van der Waals surface area contributed by atoms with Crippen molar-refractivity contribution in [3.63, 3.8) is 0 Å². The van der Waals surface area contributed by atoms with Gasteiger partial charge in [0.2, 0.25) is 0 Å². The maximum absolute atomic E-state index is 5.44. The van der Waals surface area contributed by atoms with Gasteiger partial charge in [-0.05, 0) is 47.9 Å². The number of para-hydroxylation sites is 4. The molecule has 0 amide bonds. The predicted molar refractivity (Wildman–Crippen MR) is 203 cm³/mol. The van der Waals surface area contributed by atoms with Crippen LogP contribution in [0.1, 0.15) is 0 Å². The highest BCUT2D eigenvalue weighted by atomic mass is 15.1. The van der Waals surface area contributed by atoms with E-state index in [-0.39, 0.29) is 0 Å². The van der Waals surface area contributed by atoms with Crippen LogP contribution in [0.4, 0.5) is 0 Å². The zero-order chi connectivity index (χ0) is 32.1. The summed E-state index contributed by atoms with van der Waals surface area (Å²) in [6.45, 7) is 0. The molecule has 0 fully saturated rings. The van der Waals surface area contributed by atoms with Crippen molar-refractivity contribution >= 4 is 76.3 Å². The molecule has 0 aliphatic carbocycles. The van der Waals surface area contributed by atoms with Crippen molar-refractivity contribution in [2.45, 2.75) is 0 Å². The molecule has 0 N–H and O–H groups in total. The molecule has 0 saturated carbocycles. The molecular formula is C44H27N5. The summed E-state index contributed by atoms with van der Waals surface area (Å²) in [6.07, 6.45) is 2.05. The molecule has 11 rings (SSSR count). The molecule has 0 spiro atoms. The SMILES string of the molecule is c1cc(-n2c3ccccc3c3ccccc32)nc(-n2c3ccccc3c3ncc4c(c5ccccc5n4-c4cccc5ccccc45)c32)c1. The second kappa shape index (κ2) is 9.89. The molecule has 5 nitrogen and oxygen atoms in total. The molecule has 0 atom stereocenters. The summed E-state index contributed by atoms with van der Waals surface area (Å²) in [5.74, 6) is 1.72. The van der Waals surface area contributed by atoms with E-state index in [2.05, 4.69) is 178 Å². The van der Waals surface area contributed by atoms with Crippen LogP contribution in [0.2, 0.25) is 0 Å². The lowest BCUT2D eigenvalue weighted by Gasteiger charge is -2.12. The average Bonchev–Trinajstić information content (AvgIpc) is 3.80. The first-order valence-corrected chi connectivity index (χ1v) is 16.6. The number of rotatable bonds is 3. The Hall–Kier alpha value is -6.72. The van der Waals surface area contributed by atoms with E-state index >= 15 is 0 Å². The molecule has 228 valence electrons. The zero-order valence-electron chi connectivity index (χ0n) is 26.3. The van der Waals surface area contributed by atoms with E-state index < -0.39 is 0 Å². The summed E-state index contributed by atoms with van der Waals surface area (Å²) in [5.41, 5.74) is 8.72. The van der Waals surface area contributed by atoms with E-state index in [4.69, 9.17) is 9.97 Å². The minimum atomic E-state index is 0.849. The van der Waals surface area contributed by atoms with Gasteiger partial charge in [0.1, 0.15) is 11.6 Å². The first-order chi connectivity index (χ1) is 24.3. The van der Waals surface area contributed by atoms with Crippen molar-refractivity contribution in [2.24, 2.45) is 0 Å². The van der Waals surface area contributed by atoms with Crippen molar-refractivity contribution in [3.05, 3.63) is 164 Å². The Kier molecular flexibility index (Phi) is 5.32. The van der Waals surface area contributed by atoms with E-state index in [0.717, 1.165) is 66.7 Å². The van der Waals surface area contributed by atoms with E-state index in [1.165, 1.54) is 26.9 Å². The van der Waals surface area contributed by atoms with Crippen LogP contribution in [0.25, 0.3) is 93.6 Å². The van der Waals surface area contributed by atoms with Gasteiger partial charge in [-0.25, -0.2) is 4.98 Å². The Morgan fingerprint density at radius 1 is 0.367 bits per heavy atom. The zero-order valence-corrected chi connectivity index (χ0v) is 26.3. The molecule has 0 aliphatic heterocycles. The van der Waals surface area contributed by atoms with Crippen LogP contribution in [0.5, 0.6) is 0 Å². The summed E-state index contributed by atoms with van der Waals surface area (Å²) in [5, 5.41) is 8.29. The van der Waals surface area contributed by atoms with Crippen molar-refractivity contribution in [1.29, 1.82) is 0 Å². The van der Waals surface area contributed by atoms with Gasteiger partial charge in [0.15, 0.2) is 0 Å². The van der Waals surface area contributed by atoms with Crippen LogP contribution < -0.4 is 0 Å². The molecule has 0 saturated heterocycles. The minimum absolute atomic E-state index is 0.849. The number of hydrogen-bond donors (Lipinski definition) is 0. The molecule has 5 heterocycles. The van der Waals surface area contributed by atoms with Crippen LogP contribution in [-0.4, -0.2) is 23.7 Å². The summed E-state index contributed by atoms with van der Waals surface area (Å²) < 4.78 is 6.98. The van der Waals surface area contributed by atoms with E-state index in [0.29, 0.717) is 0 Å². The van der Waals surface area contributed by atoms with Crippen LogP contribution in [0.15, 0.2) is 164 Å². The second-order valence-electron chi connectivity index (χ2n) is 12.6. The van der Waals surface area contributed by atoms with Gasteiger partial charge in [0, 0.05) is 32.3 Å². The standard InChI is InChI=1S/C44H27N5/c1-2-15-29-28(13-1)14-11-24-34(29)47-37-22-9-5-18-32(37)42-39(47)27-45-43-33-19-6-10-23-38(33)49(44(42)43)41-26-12-25-40(46-41)48-35-20-7-3-16-30(35)31-17-4-8-21-36(31)48/h1-27H. The number of pyridine rings is 2. The van der Waals surface area contributed by atoms with Gasteiger partial charge in [-0.15, -0.1) is 0 Å². The highest BCUT2D eigenvalue weighted by Gasteiger charge is 2.23. The first-order valence-electron chi connectivity index (χ1n) is 16.6. The van der Waals surface area contributed by atoms with Gasteiger partial charge in [0.05, 0.1) is 50.5 Å². The highest BCUT2D eigenvalue weighted by molar-refractivity contribution is 6.25. The second-order valence-corrected chi connectivity index (χ2v) is 12.6. The van der Waals surface area contributed by atoms with Crippen molar-refractivity contribution in [1.82, 2.24) is 23.7 Å². The third-order valence-corrected chi connectivity index (χ3v) is 10.1. The van der Waals surface area contributed by atoms with Crippen LogP contribution >= 0.6 is 0 Å². The highest BCUT2D eigenvalue weighted by Crippen LogP contribution is 2.42. The summed E-state index contributed by atoms with van der Waals surface area (Å²) in [7, 11) is 0. The monoisotopic (exact) mass is 625 g/mol. The van der Waals surface area contributed by atoms with Crippen molar-refractivity contribution in [3.8, 4) is 17.3 Å². The fourth-order valence-corrected chi connectivity index (χ4v) is 8.07. The van der Waals surface area contributed by atoms with Gasteiger partial charge >= 0.3 is 0 Å². The lowest BCUT2D eigenvalue weighted by atomic mass is 10.1. The molecule has 5 aromatic heterocycles. The lowest BCUT2D eigenvalue weighted by Crippen LogP contribution is -2.03. The molecule has 0 bridgehead atoms. The summed E-state index contributed by atoms with van der Waals surface area (Å²) in [6, 6.07) is 55.9. The van der Waals surface area contributed by atoms with Gasteiger partial charge in [0.25, 0.3) is 0 Å². The normalized spacial score (nSPS) is 12.1. The largest absolute Gasteiger partial charge is 0.307 e. The smallest absolute Gasteiger partial charge is 0.140 e. The van der Waals surface area contributed by atoms with Crippen LogP contribution in [0.3, 0.4) is 0 Å². The number of fused-ring (bicyclic) bond motifs is 11. The number of nitrogens with zero attached hydrogens (tertiary/aromatic N) is 5. The third-order valence-electron chi connectivity index (χ3n) is 10.1. The van der Waals surface area contributed by atoms with E-state index in [1.807, 2.05) is 0 Å². The van der Waals surface area contributed by atoms with Gasteiger partial charge < -0.3 is 4.57 Å². The lowest BCUT2D eigenvalue weighted by molar-refractivity contribution is 1.01. The molecule has 0 aliphatic rings. The Bertz CT molecular complexity index is 3060. The minimum Gasteiger partial charge on any atom is -0.307 e. The first kappa shape index (κ1) is 26.4. The fourth-order valence-electron chi connectivity index (χ4n) is 8.07. The number of benzene rings is 6. The Labute approximate surface area is 280 Å². The van der Waals surface area contributed by atoms with Crippen LogP contribution in [0, 0.1) is 0 Å². The van der Waals surface area contributed by atoms with E-state index in [1.54, 1.807) is 0 Å². The molecule has 6 aromatic carbocycles. The molecule has 49 heavy (non-hydrogen) atoms. The topological polar surface area (TPSA) is 40.6 Å². The predicted octanol–water partition coefficient (Wildman–Crippen LogP) is 10.9. The Balaban J connectivity index is 1.27. The van der Waals surface area contributed by atoms with E-state index in [9.17, 15) is 0 Å². The molecule has 5 heteroatoms. The molecule has 0 radical (unpaired) electrons. The van der Waals surface area contributed by atoms with Crippen LogP contribution in [-0.2, 0) is 0 Å². The number of hydrogen-bond acceptors (Lipinski definition) is 2. The Morgan fingerprint density at radius 2 is 0.878 bits per heavy atom. The van der Waals surface area contributed by atoms with Gasteiger partial charge in [-0.3, -0.25) is 14.1 Å². The maximum Gasteiger partial charge on any atom is 0.140 e. The molecular weight excluding hydrogens is 599 g/mol. The third kappa shape index (κ3) is 3.59. The van der Waals surface area contributed by atoms with Crippen molar-refractivity contribution < 1.29 is 0 Å². The van der Waals surface area contributed by atoms with Crippen molar-refractivity contribution in [2.75, 3.05) is 0 Å². The Morgan fingerprint density at radius 3 is 1.59 bits per heavy atom. The van der Waals surface area contributed by atoms with Gasteiger partial charge in [-0.2, -0.15) is 0 Å². The molecule has 11 aromatic rings. The molecule has 0 unspecified atom stereocenters. The summed E-state index contributed by atoms with van der Waals surface area (Å²) >= 11 is 0. The number of aromatic nitrogens is 5. The maximum atomic E-state index is 5.44. The fraction of sp³-hybridized carbons (Fsp3) is 0. The summed E-state index contributed by atoms with van der Waals surface area (Å²) in [4.78, 5) is 10.7.